The number of nitrogens with zero attached hydrogens (tertiary/aromatic N) is 1. The molecule has 0 amide bonds. The molecule has 0 aliphatic rings. The molecule has 0 radical (unpaired) electrons. The summed E-state index contributed by atoms with van der Waals surface area (Å²) >= 11 is 0. The molecule has 0 aliphatic carbocycles. The average Bonchev–Trinajstić information content (AvgIpc) is 2.68. The van der Waals surface area contributed by atoms with E-state index in [-0.39, 0.29) is 0 Å². The summed E-state index contributed by atoms with van der Waals surface area (Å²) < 4.78 is 0. The first kappa shape index (κ1) is 15.6. The van der Waals surface area contributed by atoms with Gasteiger partial charge in [-0.2, -0.15) is 5.26 Å². The first-order valence-electron chi connectivity index (χ1n) is 7.59. The third kappa shape index (κ3) is 3.20. The minimum atomic E-state index is -1.39. The first-order valence-corrected chi connectivity index (χ1v) is 7.59. The second kappa shape index (κ2) is 6.84. The van der Waals surface area contributed by atoms with Crippen LogP contribution in [0, 0.1) is 23.2 Å². The monoisotopic (exact) mass is 309 g/mol. The van der Waals surface area contributed by atoms with Gasteiger partial charge in [-0.1, -0.05) is 72.5 Å². The van der Waals surface area contributed by atoms with Gasteiger partial charge in [0.1, 0.15) is 0 Å². The molecule has 0 unspecified atom stereocenters. The highest BCUT2D eigenvalue weighted by Gasteiger charge is 2.28. The molecule has 0 fully saturated rings. The van der Waals surface area contributed by atoms with Crippen molar-refractivity contribution in [2.24, 2.45) is 0 Å². The molecule has 0 heterocycles. The molecule has 0 aliphatic heterocycles. The van der Waals surface area contributed by atoms with Gasteiger partial charge in [-0.25, -0.2) is 0 Å². The average molecular weight is 309 g/mol. The summed E-state index contributed by atoms with van der Waals surface area (Å²) in [5.74, 6) is 6.03. The lowest BCUT2D eigenvalue weighted by molar-refractivity contribution is 0.145. The van der Waals surface area contributed by atoms with E-state index in [9.17, 15) is 5.11 Å². The van der Waals surface area contributed by atoms with Crippen LogP contribution in [0.1, 0.15) is 22.3 Å². The summed E-state index contributed by atoms with van der Waals surface area (Å²) in [6.45, 7) is 0. The lowest BCUT2D eigenvalue weighted by Crippen LogP contribution is -2.25. The van der Waals surface area contributed by atoms with E-state index < -0.39 is 5.60 Å². The van der Waals surface area contributed by atoms with Crippen LogP contribution in [0.5, 0.6) is 0 Å². The molecule has 1 N–H and O–H groups in total. The van der Waals surface area contributed by atoms with E-state index in [1.807, 2.05) is 60.7 Å². The Morgan fingerprint density at radius 3 is 1.58 bits per heavy atom. The van der Waals surface area contributed by atoms with Crippen molar-refractivity contribution in [2.45, 2.75) is 5.60 Å². The molecule has 0 bridgehead atoms. The van der Waals surface area contributed by atoms with Gasteiger partial charge in [-0.15, -0.1) is 0 Å². The van der Waals surface area contributed by atoms with E-state index in [4.69, 9.17) is 5.26 Å². The molecule has 24 heavy (non-hydrogen) atoms. The van der Waals surface area contributed by atoms with Crippen LogP contribution in [0.25, 0.3) is 0 Å². The van der Waals surface area contributed by atoms with Crippen molar-refractivity contribution in [3.8, 4) is 17.9 Å². The van der Waals surface area contributed by atoms with Gasteiger partial charge in [0.2, 0.25) is 0 Å². The maximum absolute atomic E-state index is 11.3. The molecule has 2 nitrogen and oxygen atoms in total. The number of hydrogen-bond acceptors (Lipinski definition) is 2. The number of nitriles is 1. The minimum Gasteiger partial charge on any atom is -0.369 e. The van der Waals surface area contributed by atoms with Crippen molar-refractivity contribution in [1.82, 2.24) is 0 Å². The molecular weight excluding hydrogens is 294 g/mol. The van der Waals surface area contributed by atoms with Crippen LogP contribution in [0.2, 0.25) is 0 Å². The molecule has 3 aromatic carbocycles. The third-order valence-electron chi connectivity index (χ3n) is 3.78. The smallest absolute Gasteiger partial charge is 0.177 e. The Morgan fingerprint density at radius 1 is 0.667 bits per heavy atom. The Labute approximate surface area is 141 Å². The van der Waals surface area contributed by atoms with E-state index in [1.165, 1.54) is 0 Å². The molecule has 2 heteroatoms. The normalized spacial score (nSPS) is 10.3. The van der Waals surface area contributed by atoms with Crippen LogP contribution in [0.15, 0.2) is 84.9 Å². The summed E-state index contributed by atoms with van der Waals surface area (Å²) in [4.78, 5) is 0. The van der Waals surface area contributed by atoms with E-state index in [2.05, 4.69) is 17.9 Å². The van der Waals surface area contributed by atoms with Gasteiger partial charge in [0.05, 0.1) is 11.6 Å². The third-order valence-corrected chi connectivity index (χ3v) is 3.78. The van der Waals surface area contributed by atoms with Crippen LogP contribution in [-0.2, 0) is 5.60 Å². The number of benzene rings is 3. The summed E-state index contributed by atoms with van der Waals surface area (Å²) in [5.41, 5.74) is 1.38. The van der Waals surface area contributed by atoms with Crippen LogP contribution in [0.4, 0.5) is 0 Å². The summed E-state index contributed by atoms with van der Waals surface area (Å²) in [7, 11) is 0. The predicted octanol–water partition coefficient (Wildman–Crippen LogP) is 3.85. The van der Waals surface area contributed by atoms with Gasteiger partial charge < -0.3 is 5.11 Å². The zero-order chi connectivity index (χ0) is 16.8. The maximum Gasteiger partial charge on any atom is 0.177 e. The lowest BCUT2D eigenvalue weighted by Gasteiger charge is -2.23. The second-order valence-corrected chi connectivity index (χ2v) is 5.38. The van der Waals surface area contributed by atoms with Gasteiger partial charge in [0.15, 0.2) is 5.60 Å². The molecule has 0 saturated heterocycles. The van der Waals surface area contributed by atoms with Crippen LogP contribution >= 0.6 is 0 Å². The van der Waals surface area contributed by atoms with Gasteiger partial charge >= 0.3 is 0 Å². The van der Waals surface area contributed by atoms with Gasteiger partial charge in [-0.05, 0) is 24.3 Å². The molecular formula is C22H15NO. The topological polar surface area (TPSA) is 44.0 Å². The Bertz CT molecular complexity index is 871. The zero-order valence-corrected chi connectivity index (χ0v) is 13.0. The van der Waals surface area contributed by atoms with Crippen molar-refractivity contribution >= 4 is 0 Å². The quantitative estimate of drug-likeness (QED) is 0.731. The Balaban J connectivity index is 2.07. The largest absolute Gasteiger partial charge is 0.369 e. The fourth-order valence-electron chi connectivity index (χ4n) is 2.46. The van der Waals surface area contributed by atoms with E-state index in [0.717, 1.165) is 16.7 Å². The van der Waals surface area contributed by atoms with Crippen molar-refractivity contribution < 1.29 is 5.11 Å². The van der Waals surface area contributed by atoms with Crippen LogP contribution in [-0.4, -0.2) is 5.11 Å². The summed E-state index contributed by atoms with van der Waals surface area (Å²) in [5, 5.41) is 20.1. The molecule has 3 rings (SSSR count). The zero-order valence-electron chi connectivity index (χ0n) is 13.0. The maximum atomic E-state index is 11.3. The van der Waals surface area contributed by atoms with Gasteiger partial charge in [-0.3, -0.25) is 0 Å². The lowest BCUT2D eigenvalue weighted by atomic mass is 9.86. The summed E-state index contributed by atoms with van der Waals surface area (Å²) in [6.07, 6.45) is 0. The highest BCUT2D eigenvalue weighted by molar-refractivity contribution is 5.48. The van der Waals surface area contributed by atoms with Crippen molar-refractivity contribution in [3.63, 3.8) is 0 Å². The molecule has 0 aromatic heterocycles. The second-order valence-electron chi connectivity index (χ2n) is 5.38. The fraction of sp³-hybridized carbons (Fsp3) is 0.0455. The van der Waals surface area contributed by atoms with Gasteiger partial charge in [0.25, 0.3) is 0 Å². The van der Waals surface area contributed by atoms with E-state index >= 15 is 0 Å². The SMILES string of the molecule is N#Cc1ccc(C#CC(O)(c2ccccc2)c2ccccc2)cc1. The molecule has 0 spiro atoms. The number of aliphatic hydroxyl groups is 1. The predicted molar refractivity (Wildman–Crippen MR) is 93.9 cm³/mol. The number of rotatable bonds is 2. The van der Waals surface area contributed by atoms with Crippen LogP contribution in [0.3, 0.4) is 0 Å². The molecule has 0 atom stereocenters. The summed E-state index contributed by atoms with van der Waals surface area (Å²) in [6, 6.07) is 27.9. The Morgan fingerprint density at radius 2 is 1.12 bits per heavy atom. The Hall–Kier alpha value is -3.33. The number of hydrogen-bond donors (Lipinski definition) is 1. The van der Waals surface area contributed by atoms with Crippen molar-refractivity contribution in [1.29, 1.82) is 5.26 Å². The van der Waals surface area contributed by atoms with E-state index in [1.54, 1.807) is 24.3 Å². The molecule has 3 aromatic rings. The van der Waals surface area contributed by atoms with E-state index in [0.29, 0.717) is 5.56 Å². The molecule has 114 valence electrons. The van der Waals surface area contributed by atoms with Crippen molar-refractivity contribution in [2.75, 3.05) is 0 Å². The molecule has 0 saturated carbocycles. The first-order chi connectivity index (χ1) is 11.7. The van der Waals surface area contributed by atoms with Gasteiger partial charge in [0, 0.05) is 16.7 Å². The highest BCUT2D eigenvalue weighted by atomic mass is 16.3. The fourth-order valence-corrected chi connectivity index (χ4v) is 2.46. The van der Waals surface area contributed by atoms with Crippen molar-refractivity contribution in [3.05, 3.63) is 107 Å². The minimum absolute atomic E-state index is 0.585. The van der Waals surface area contributed by atoms with Crippen LogP contribution < -0.4 is 0 Å². The highest BCUT2D eigenvalue weighted by Crippen LogP contribution is 2.28. The Kier molecular flexibility index (Phi) is 4.43. The standard InChI is InChI=1S/C22H15NO/c23-17-19-13-11-18(12-14-19)15-16-22(24,20-7-3-1-4-8-20)21-9-5-2-6-10-21/h1-14,24H.